The van der Waals surface area contributed by atoms with Crippen LogP contribution < -0.4 is 5.32 Å². The van der Waals surface area contributed by atoms with Gasteiger partial charge in [0.1, 0.15) is 0 Å². The first-order chi connectivity index (χ1) is 6.69. The molecule has 0 spiro atoms. The summed E-state index contributed by atoms with van der Waals surface area (Å²) in [4.78, 5) is 0. The van der Waals surface area contributed by atoms with E-state index in [1.165, 1.54) is 16.7 Å². The van der Waals surface area contributed by atoms with Crippen molar-refractivity contribution in [2.45, 2.75) is 26.3 Å². The van der Waals surface area contributed by atoms with Crippen molar-refractivity contribution in [1.82, 2.24) is 5.32 Å². The molecule has 0 amide bonds. The van der Waals surface area contributed by atoms with Crippen LogP contribution in [0.2, 0.25) is 0 Å². The normalized spacial score (nSPS) is 12.9. The van der Waals surface area contributed by atoms with E-state index in [1.54, 1.807) is 0 Å². The van der Waals surface area contributed by atoms with Gasteiger partial charge in [-0.1, -0.05) is 23.8 Å². The van der Waals surface area contributed by atoms with Crippen LogP contribution in [-0.2, 0) is 0 Å². The quantitative estimate of drug-likeness (QED) is 0.755. The molecule has 0 fully saturated rings. The average Bonchev–Trinajstić information content (AvgIpc) is 2.15. The van der Waals surface area contributed by atoms with Crippen molar-refractivity contribution < 1.29 is 0 Å². The van der Waals surface area contributed by atoms with Crippen LogP contribution in [0.4, 0.5) is 0 Å². The molecule has 0 radical (unpaired) electrons. The molecule has 1 N–H and O–H groups in total. The Hall–Kier alpha value is -0.530. The molecule has 1 nitrogen and oxygen atoms in total. The molecule has 0 aliphatic rings. The Bertz CT molecular complexity index is 296. The highest BCUT2D eigenvalue weighted by Gasteiger charge is 2.10. The van der Waals surface area contributed by atoms with E-state index in [-0.39, 0.29) is 0 Å². The van der Waals surface area contributed by atoms with Crippen LogP contribution >= 0.6 is 11.6 Å². The molecule has 0 aliphatic heterocycles. The van der Waals surface area contributed by atoms with E-state index in [1.807, 2.05) is 7.05 Å². The number of hydrogen-bond donors (Lipinski definition) is 1. The Kier molecular flexibility index (Phi) is 4.43. The third-order valence-electron chi connectivity index (χ3n) is 2.55. The van der Waals surface area contributed by atoms with Gasteiger partial charge in [0.25, 0.3) is 0 Å². The minimum Gasteiger partial charge on any atom is -0.313 e. The molecule has 1 aromatic rings. The highest BCUT2D eigenvalue weighted by atomic mass is 35.5. The Morgan fingerprint density at radius 3 is 2.57 bits per heavy atom. The first-order valence-electron chi connectivity index (χ1n) is 4.99. The number of halogens is 1. The zero-order valence-electron chi connectivity index (χ0n) is 9.10. The predicted octanol–water partition coefficient (Wildman–Crippen LogP) is 3.19. The fraction of sp³-hybridized carbons (Fsp3) is 0.500. The van der Waals surface area contributed by atoms with Gasteiger partial charge in [-0.3, -0.25) is 0 Å². The van der Waals surface area contributed by atoms with Crippen LogP contribution in [0, 0.1) is 13.8 Å². The van der Waals surface area contributed by atoms with Gasteiger partial charge in [0.05, 0.1) is 0 Å². The second-order valence-electron chi connectivity index (χ2n) is 3.68. The van der Waals surface area contributed by atoms with Crippen molar-refractivity contribution in [2.24, 2.45) is 0 Å². The van der Waals surface area contributed by atoms with Gasteiger partial charge < -0.3 is 5.32 Å². The molecule has 1 unspecified atom stereocenters. The summed E-state index contributed by atoms with van der Waals surface area (Å²) < 4.78 is 0. The number of hydrogen-bond acceptors (Lipinski definition) is 1. The summed E-state index contributed by atoms with van der Waals surface area (Å²) >= 11 is 5.77. The molecule has 14 heavy (non-hydrogen) atoms. The summed E-state index contributed by atoms with van der Waals surface area (Å²) in [5.41, 5.74) is 4.01. The Morgan fingerprint density at radius 2 is 2.07 bits per heavy atom. The predicted molar refractivity (Wildman–Crippen MR) is 63.1 cm³/mol. The zero-order chi connectivity index (χ0) is 10.6. The largest absolute Gasteiger partial charge is 0.313 e. The van der Waals surface area contributed by atoms with E-state index in [4.69, 9.17) is 11.6 Å². The summed E-state index contributed by atoms with van der Waals surface area (Å²) in [5.74, 6) is 0.693. The maximum atomic E-state index is 5.77. The summed E-state index contributed by atoms with van der Waals surface area (Å²) in [5, 5.41) is 3.30. The molecule has 0 saturated carbocycles. The third-order valence-corrected chi connectivity index (χ3v) is 2.77. The van der Waals surface area contributed by atoms with Gasteiger partial charge in [-0.2, -0.15) is 0 Å². The maximum absolute atomic E-state index is 5.77. The molecule has 1 aromatic carbocycles. The molecule has 78 valence electrons. The Labute approximate surface area is 91.5 Å². The van der Waals surface area contributed by atoms with E-state index in [0.29, 0.717) is 11.9 Å². The van der Waals surface area contributed by atoms with E-state index in [0.717, 1.165) is 6.42 Å². The summed E-state index contributed by atoms with van der Waals surface area (Å²) in [7, 11) is 1.98. The number of alkyl halides is 1. The number of rotatable bonds is 4. The van der Waals surface area contributed by atoms with E-state index >= 15 is 0 Å². The molecule has 0 heterocycles. The Balaban J connectivity index is 2.92. The lowest BCUT2D eigenvalue weighted by molar-refractivity contribution is 0.576. The van der Waals surface area contributed by atoms with Crippen LogP contribution in [0.15, 0.2) is 18.2 Å². The van der Waals surface area contributed by atoms with Crippen LogP contribution in [0.3, 0.4) is 0 Å². The van der Waals surface area contributed by atoms with Crippen LogP contribution in [0.1, 0.15) is 29.2 Å². The topological polar surface area (TPSA) is 12.0 Å². The van der Waals surface area contributed by atoms with Crippen molar-refractivity contribution in [2.75, 3.05) is 12.9 Å². The van der Waals surface area contributed by atoms with Crippen molar-refractivity contribution in [3.05, 3.63) is 34.9 Å². The molecule has 0 bridgehead atoms. The highest BCUT2D eigenvalue weighted by Crippen LogP contribution is 2.21. The van der Waals surface area contributed by atoms with E-state index < -0.39 is 0 Å². The minimum atomic E-state index is 0.382. The number of benzene rings is 1. The van der Waals surface area contributed by atoms with Crippen LogP contribution in [0.5, 0.6) is 0 Å². The lowest BCUT2D eigenvalue weighted by Gasteiger charge is -2.18. The van der Waals surface area contributed by atoms with Gasteiger partial charge >= 0.3 is 0 Å². The maximum Gasteiger partial charge on any atom is 0.0331 e. The molecule has 2 heteroatoms. The molecule has 1 rings (SSSR count). The summed E-state index contributed by atoms with van der Waals surface area (Å²) in [6.07, 6.45) is 0.974. The van der Waals surface area contributed by atoms with Crippen molar-refractivity contribution in [3.8, 4) is 0 Å². The molecular weight excluding hydrogens is 194 g/mol. The smallest absolute Gasteiger partial charge is 0.0331 e. The summed E-state index contributed by atoms with van der Waals surface area (Å²) in [6.45, 7) is 4.27. The fourth-order valence-corrected chi connectivity index (χ4v) is 2.00. The molecule has 0 aliphatic carbocycles. The lowest BCUT2D eigenvalue weighted by atomic mass is 9.98. The fourth-order valence-electron chi connectivity index (χ4n) is 1.78. The summed E-state index contributed by atoms with van der Waals surface area (Å²) in [6, 6.07) is 6.95. The molecule has 1 atom stereocenters. The second-order valence-corrected chi connectivity index (χ2v) is 4.06. The van der Waals surface area contributed by atoms with Gasteiger partial charge in [0, 0.05) is 11.9 Å². The standard InChI is InChI=1S/C12H18ClN/c1-9-4-5-11(10(2)8-9)12(14-3)6-7-13/h4-5,8,12,14H,6-7H2,1-3H3. The van der Waals surface area contributed by atoms with E-state index in [9.17, 15) is 0 Å². The first kappa shape index (κ1) is 11.5. The van der Waals surface area contributed by atoms with Gasteiger partial charge in [0.2, 0.25) is 0 Å². The van der Waals surface area contributed by atoms with Crippen LogP contribution in [0.25, 0.3) is 0 Å². The zero-order valence-corrected chi connectivity index (χ0v) is 9.86. The van der Waals surface area contributed by atoms with E-state index in [2.05, 4.69) is 37.4 Å². The lowest BCUT2D eigenvalue weighted by Crippen LogP contribution is -2.17. The van der Waals surface area contributed by atoms with Gasteiger partial charge in [0.15, 0.2) is 0 Å². The molecular formula is C12H18ClN. The van der Waals surface area contributed by atoms with Crippen LogP contribution in [-0.4, -0.2) is 12.9 Å². The van der Waals surface area contributed by atoms with Crippen molar-refractivity contribution in [1.29, 1.82) is 0 Å². The van der Waals surface area contributed by atoms with Crippen molar-refractivity contribution in [3.63, 3.8) is 0 Å². The number of nitrogens with one attached hydrogen (secondary N) is 1. The Morgan fingerprint density at radius 1 is 1.36 bits per heavy atom. The van der Waals surface area contributed by atoms with Crippen molar-refractivity contribution >= 4 is 11.6 Å². The average molecular weight is 212 g/mol. The molecule has 0 aromatic heterocycles. The highest BCUT2D eigenvalue weighted by molar-refractivity contribution is 6.17. The molecule has 0 saturated heterocycles. The monoisotopic (exact) mass is 211 g/mol. The third kappa shape index (κ3) is 2.73. The minimum absolute atomic E-state index is 0.382. The number of aryl methyl sites for hydroxylation is 2. The van der Waals surface area contributed by atoms with Gasteiger partial charge in [-0.15, -0.1) is 11.6 Å². The van der Waals surface area contributed by atoms with Gasteiger partial charge in [-0.05, 0) is 38.4 Å². The first-order valence-corrected chi connectivity index (χ1v) is 5.53. The SMILES string of the molecule is CNC(CCCl)c1ccc(C)cc1C. The second kappa shape index (κ2) is 5.38. The van der Waals surface area contributed by atoms with Gasteiger partial charge in [-0.25, -0.2) is 0 Å².